The molecule has 0 heterocycles. The number of rotatable bonds is 5. The first kappa shape index (κ1) is 14.7. The van der Waals surface area contributed by atoms with Gasteiger partial charge in [0.2, 0.25) is 0 Å². The third kappa shape index (κ3) is 3.87. The Balaban J connectivity index is 2.14. The van der Waals surface area contributed by atoms with Crippen molar-refractivity contribution < 1.29 is 8.78 Å². The van der Waals surface area contributed by atoms with Crippen LogP contribution in [0.25, 0.3) is 0 Å². The highest BCUT2D eigenvalue weighted by molar-refractivity contribution is 5.28. The van der Waals surface area contributed by atoms with Crippen molar-refractivity contribution >= 4 is 0 Å². The summed E-state index contributed by atoms with van der Waals surface area (Å²) >= 11 is 0. The normalized spacial score (nSPS) is 12.4. The Morgan fingerprint density at radius 3 is 2.35 bits per heavy atom. The highest BCUT2D eigenvalue weighted by Gasteiger charge is 2.09. The summed E-state index contributed by atoms with van der Waals surface area (Å²) in [5, 5.41) is 0. The first-order valence-corrected chi connectivity index (χ1v) is 6.88. The average molecular weight is 275 g/mol. The van der Waals surface area contributed by atoms with Gasteiger partial charge < -0.3 is 5.73 Å². The van der Waals surface area contributed by atoms with E-state index in [9.17, 15) is 8.78 Å². The maximum absolute atomic E-state index is 13.2. The van der Waals surface area contributed by atoms with Gasteiger partial charge in [0.25, 0.3) is 0 Å². The van der Waals surface area contributed by atoms with Gasteiger partial charge in [0, 0.05) is 12.1 Å². The van der Waals surface area contributed by atoms with E-state index in [-0.39, 0.29) is 6.04 Å². The smallest absolute Gasteiger partial charge is 0.126 e. The highest BCUT2D eigenvalue weighted by Crippen LogP contribution is 2.19. The van der Waals surface area contributed by atoms with Gasteiger partial charge in [-0.3, -0.25) is 0 Å². The van der Waals surface area contributed by atoms with Crippen LogP contribution in [-0.4, -0.2) is 0 Å². The fourth-order valence-electron chi connectivity index (χ4n) is 2.37. The molecule has 0 saturated heterocycles. The Morgan fingerprint density at radius 1 is 1.00 bits per heavy atom. The largest absolute Gasteiger partial charge is 0.324 e. The molecule has 0 amide bonds. The van der Waals surface area contributed by atoms with E-state index in [1.807, 2.05) is 12.1 Å². The predicted molar refractivity (Wildman–Crippen MR) is 77.4 cm³/mol. The summed E-state index contributed by atoms with van der Waals surface area (Å²) in [6.07, 6.45) is 2.51. The van der Waals surface area contributed by atoms with Crippen LogP contribution in [0.4, 0.5) is 8.78 Å². The molecule has 1 unspecified atom stereocenters. The van der Waals surface area contributed by atoms with Gasteiger partial charge in [0.1, 0.15) is 11.6 Å². The van der Waals surface area contributed by atoms with Crippen LogP contribution >= 0.6 is 0 Å². The number of aryl methyl sites for hydroxylation is 1. The number of hydrogen-bond acceptors (Lipinski definition) is 1. The van der Waals surface area contributed by atoms with Crippen LogP contribution in [0, 0.1) is 11.6 Å². The number of halogens is 2. The van der Waals surface area contributed by atoms with Crippen LogP contribution < -0.4 is 5.73 Å². The van der Waals surface area contributed by atoms with E-state index >= 15 is 0 Å². The fraction of sp³-hybridized carbons (Fsp3) is 0.294. The van der Waals surface area contributed by atoms with E-state index in [0.29, 0.717) is 12.0 Å². The predicted octanol–water partition coefficient (Wildman–Crippen LogP) is 4.16. The van der Waals surface area contributed by atoms with Crippen LogP contribution in [0.15, 0.2) is 42.5 Å². The van der Waals surface area contributed by atoms with E-state index in [1.165, 1.54) is 17.7 Å². The van der Waals surface area contributed by atoms with E-state index in [2.05, 4.69) is 19.1 Å². The molecular weight excluding hydrogens is 256 g/mol. The van der Waals surface area contributed by atoms with Crippen LogP contribution in [0.1, 0.15) is 36.1 Å². The van der Waals surface area contributed by atoms with Crippen LogP contribution in [0.3, 0.4) is 0 Å². The highest BCUT2D eigenvalue weighted by atomic mass is 19.1. The lowest BCUT2D eigenvalue weighted by atomic mass is 9.97. The average Bonchev–Trinajstić information content (AvgIpc) is 2.38. The van der Waals surface area contributed by atoms with E-state index in [1.54, 1.807) is 0 Å². The van der Waals surface area contributed by atoms with E-state index in [0.717, 1.165) is 24.5 Å². The molecule has 1 nitrogen and oxygen atoms in total. The lowest BCUT2D eigenvalue weighted by Gasteiger charge is -2.13. The van der Waals surface area contributed by atoms with Crippen LogP contribution in [-0.2, 0) is 12.8 Å². The fourth-order valence-corrected chi connectivity index (χ4v) is 2.37. The van der Waals surface area contributed by atoms with Crippen molar-refractivity contribution in [2.75, 3.05) is 0 Å². The zero-order chi connectivity index (χ0) is 14.5. The molecule has 2 N–H and O–H groups in total. The maximum Gasteiger partial charge on any atom is 0.126 e. The summed E-state index contributed by atoms with van der Waals surface area (Å²) < 4.78 is 26.3. The SMILES string of the molecule is CCCc1cccc(C(N)Cc2cc(F)cc(F)c2)c1. The number of benzene rings is 2. The maximum atomic E-state index is 13.2. The van der Waals surface area contributed by atoms with Crippen LogP contribution in [0.5, 0.6) is 0 Å². The summed E-state index contributed by atoms with van der Waals surface area (Å²) in [7, 11) is 0. The molecule has 0 radical (unpaired) electrons. The lowest BCUT2D eigenvalue weighted by molar-refractivity contribution is 0.576. The number of nitrogens with two attached hydrogens (primary N) is 1. The molecule has 0 aliphatic carbocycles. The standard InChI is InChI=1S/C17H19F2N/c1-2-4-12-5-3-6-14(7-12)17(20)10-13-8-15(18)11-16(19)9-13/h3,5-9,11,17H,2,4,10,20H2,1H3. The molecule has 106 valence electrons. The second kappa shape index (κ2) is 6.62. The van der Waals surface area contributed by atoms with Gasteiger partial charge in [0.05, 0.1) is 0 Å². The van der Waals surface area contributed by atoms with Crippen molar-refractivity contribution in [3.63, 3.8) is 0 Å². The molecular formula is C17H19F2N. The molecule has 0 fully saturated rings. The minimum absolute atomic E-state index is 0.256. The van der Waals surface area contributed by atoms with E-state index in [4.69, 9.17) is 5.73 Å². The van der Waals surface area contributed by atoms with Crippen molar-refractivity contribution in [3.8, 4) is 0 Å². The van der Waals surface area contributed by atoms with Gasteiger partial charge >= 0.3 is 0 Å². The topological polar surface area (TPSA) is 26.0 Å². The van der Waals surface area contributed by atoms with Gasteiger partial charge in [0.15, 0.2) is 0 Å². The molecule has 0 bridgehead atoms. The summed E-state index contributed by atoms with van der Waals surface area (Å²) in [5.41, 5.74) is 8.97. The molecule has 0 saturated carbocycles. The molecule has 0 spiro atoms. The molecule has 2 aromatic carbocycles. The number of hydrogen-bond donors (Lipinski definition) is 1. The summed E-state index contributed by atoms with van der Waals surface area (Å²) in [4.78, 5) is 0. The van der Waals surface area contributed by atoms with Crippen molar-refractivity contribution in [2.45, 2.75) is 32.2 Å². The Hall–Kier alpha value is -1.74. The van der Waals surface area contributed by atoms with Crippen molar-refractivity contribution in [1.82, 2.24) is 0 Å². The Labute approximate surface area is 118 Å². The van der Waals surface area contributed by atoms with Crippen molar-refractivity contribution in [1.29, 1.82) is 0 Å². The molecule has 2 aromatic rings. The third-order valence-corrected chi connectivity index (χ3v) is 3.30. The Bertz CT molecular complexity index is 561. The molecule has 20 heavy (non-hydrogen) atoms. The van der Waals surface area contributed by atoms with Crippen LogP contribution in [0.2, 0.25) is 0 Å². The third-order valence-electron chi connectivity index (χ3n) is 3.30. The second-order valence-corrected chi connectivity index (χ2v) is 5.08. The van der Waals surface area contributed by atoms with Crippen molar-refractivity contribution in [3.05, 3.63) is 70.8 Å². The minimum atomic E-state index is -0.563. The quantitative estimate of drug-likeness (QED) is 0.871. The summed E-state index contributed by atoms with van der Waals surface area (Å²) in [6, 6.07) is 11.4. The van der Waals surface area contributed by atoms with Gasteiger partial charge in [-0.1, -0.05) is 37.6 Å². The molecule has 2 rings (SSSR count). The van der Waals surface area contributed by atoms with Gasteiger partial charge in [-0.15, -0.1) is 0 Å². The monoisotopic (exact) mass is 275 g/mol. The minimum Gasteiger partial charge on any atom is -0.324 e. The second-order valence-electron chi connectivity index (χ2n) is 5.08. The van der Waals surface area contributed by atoms with Gasteiger partial charge in [-0.2, -0.15) is 0 Å². The zero-order valence-corrected chi connectivity index (χ0v) is 11.6. The lowest BCUT2D eigenvalue weighted by Crippen LogP contribution is -2.14. The van der Waals surface area contributed by atoms with Gasteiger partial charge in [-0.25, -0.2) is 8.78 Å². The molecule has 0 aromatic heterocycles. The first-order valence-electron chi connectivity index (χ1n) is 6.88. The van der Waals surface area contributed by atoms with E-state index < -0.39 is 11.6 Å². The Kier molecular flexibility index (Phi) is 4.85. The summed E-state index contributed by atoms with van der Waals surface area (Å²) in [6.45, 7) is 2.13. The Morgan fingerprint density at radius 2 is 1.70 bits per heavy atom. The van der Waals surface area contributed by atoms with Gasteiger partial charge in [-0.05, 0) is 41.7 Å². The molecule has 0 aliphatic rings. The zero-order valence-electron chi connectivity index (χ0n) is 11.6. The van der Waals surface area contributed by atoms with Crippen molar-refractivity contribution in [2.24, 2.45) is 5.73 Å². The molecule has 1 atom stereocenters. The molecule has 0 aliphatic heterocycles. The molecule has 3 heteroatoms. The summed E-state index contributed by atoms with van der Waals surface area (Å²) in [5.74, 6) is -1.13. The first-order chi connectivity index (χ1) is 9.58.